The molecule has 1 aromatic heterocycles. The van der Waals surface area contributed by atoms with Crippen LogP contribution in [0, 0.1) is 0 Å². The van der Waals surface area contributed by atoms with Crippen LogP contribution < -0.4 is 11.1 Å². The summed E-state index contributed by atoms with van der Waals surface area (Å²) < 4.78 is 5.24. The Kier molecular flexibility index (Phi) is 3.62. The summed E-state index contributed by atoms with van der Waals surface area (Å²) in [5, 5.41) is 3.36. The number of nitrogens with two attached hydrogens (primary N) is 1. The Morgan fingerprint density at radius 1 is 1.12 bits per heavy atom. The summed E-state index contributed by atoms with van der Waals surface area (Å²) in [5.41, 5.74) is 7.66. The monoisotopic (exact) mass is 216 g/mol. The molecule has 3 N–H and O–H groups in total. The molecule has 16 heavy (non-hydrogen) atoms. The Balaban J connectivity index is 1.70. The smallest absolute Gasteiger partial charge is 0.105 e. The van der Waals surface area contributed by atoms with Crippen LogP contribution in [0.2, 0.25) is 0 Å². The molecule has 0 fully saturated rings. The average Bonchev–Trinajstić information content (AvgIpc) is 2.80. The molecule has 3 nitrogen and oxygen atoms in total. The fourth-order valence-corrected chi connectivity index (χ4v) is 1.53. The summed E-state index contributed by atoms with van der Waals surface area (Å²) >= 11 is 0. The fourth-order valence-electron chi connectivity index (χ4n) is 1.53. The lowest BCUT2D eigenvalue weighted by atomic mass is 10.2. The van der Waals surface area contributed by atoms with E-state index in [0.717, 1.165) is 31.0 Å². The van der Waals surface area contributed by atoms with Crippen LogP contribution in [-0.4, -0.2) is 6.54 Å². The van der Waals surface area contributed by atoms with Crippen molar-refractivity contribution < 1.29 is 4.42 Å². The molecule has 3 heteroatoms. The third-order valence-corrected chi connectivity index (χ3v) is 2.44. The van der Waals surface area contributed by atoms with E-state index in [0.29, 0.717) is 0 Å². The summed E-state index contributed by atoms with van der Waals surface area (Å²) in [7, 11) is 0. The molecule has 0 amide bonds. The molecule has 0 bridgehead atoms. The van der Waals surface area contributed by atoms with E-state index in [2.05, 4.69) is 5.32 Å². The van der Waals surface area contributed by atoms with Gasteiger partial charge in [0, 0.05) is 25.2 Å². The normalized spacial score (nSPS) is 10.5. The number of hydrogen-bond donors (Lipinski definition) is 2. The molecular formula is C13H16N2O. The van der Waals surface area contributed by atoms with E-state index < -0.39 is 0 Å². The van der Waals surface area contributed by atoms with Gasteiger partial charge in [-0.1, -0.05) is 12.1 Å². The highest BCUT2D eigenvalue weighted by molar-refractivity contribution is 5.39. The first-order valence-electron chi connectivity index (χ1n) is 5.42. The number of furan rings is 1. The second-order valence-corrected chi connectivity index (χ2v) is 3.75. The zero-order chi connectivity index (χ0) is 11.2. The van der Waals surface area contributed by atoms with Gasteiger partial charge < -0.3 is 15.5 Å². The van der Waals surface area contributed by atoms with Gasteiger partial charge in [-0.15, -0.1) is 0 Å². The molecule has 0 spiro atoms. The lowest BCUT2D eigenvalue weighted by Crippen LogP contribution is -2.16. The molecule has 0 saturated heterocycles. The molecule has 0 aliphatic carbocycles. The Hall–Kier alpha value is -1.74. The van der Waals surface area contributed by atoms with E-state index in [9.17, 15) is 0 Å². The van der Waals surface area contributed by atoms with Gasteiger partial charge in [0.15, 0.2) is 0 Å². The molecular weight excluding hydrogens is 200 g/mol. The zero-order valence-electron chi connectivity index (χ0n) is 9.15. The highest BCUT2D eigenvalue weighted by Gasteiger charge is 1.95. The van der Waals surface area contributed by atoms with Crippen LogP contribution >= 0.6 is 0 Å². The van der Waals surface area contributed by atoms with Crippen LogP contribution in [0.25, 0.3) is 0 Å². The van der Waals surface area contributed by atoms with Gasteiger partial charge in [-0.05, 0) is 29.8 Å². The maximum Gasteiger partial charge on any atom is 0.105 e. The third kappa shape index (κ3) is 3.14. The second kappa shape index (κ2) is 5.37. The fraction of sp³-hybridized carbons (Fsp3) is 0.231. The van der Waals surface area contributed by atoms with E-state index in [1.165, 1.54) is 5.56 Å². The first kappa shape index (κ1) is 10.8. The summed E-state index contributed by atoms with van der Waals surface area (Å²) in [6.07, 6.45) is 2.62. The molecule has 0 aliphatic rings. The highest BCUT2D eigenvalue weighted by atomic mass is 16.3. The molecule has 1 heterocycles. The summed E-state index contributed by atoms with van der Waals surface area (Å²) in [6.45, 7) is 1.78. The quantitative estimate of drug-likeness (QED) is 0.595. The van der Waals surface area contributed by atoms with E-state index >= 15 is 0 Å². The maximum absolute atomic E-state index is 5.61. The Morgan fingerprint density at radius 3 is 2.62 bits per heavy atom. The van der Waals surface area contributed by atoms with Crippen molar-refractivity contribution in [3.05, 3.63) is 54.0 Å². The summed E-state index contributed by atoms with van der Waals surface area (Å²) in [5.74, 6) is 1.02. The summed E-state index contributed by atoms with van der Waals surface area (Å²) in [4.78, 5) is 0. The van der Waals surface area contributed by atoms with Gasteiger partial charge in [0.05, 0.1) is 6.26 Å². The minimum Gasteiger partial charge on any atom is -0.469 e. The SMILES string of the molecule is Nc1ccc(CNCCc2ccco2)cc1. The van der Waals surface area contributed by atoms with Gasteiger partial charge >= 0.3 is 0 Å². The number of anilines is 1. The van der Waals surface area contributed by atoms with Gasteiger partial charge in [-0.2, -0.15) is 0 Å². The van der Waals surface area contributed by atoms with Crippen molar-refractivity contribution in [3.8, 4) is 0 Å². The van der Waals surface area contributed by atoms with E-state index in [-0.39, 0.29) is 0 Å². The van der Waals surface area contributed by atoms with Gasteiger partial charge in [0.25, 0.3) is 0 Å². The largest absolute Gasteiger partial charge is 0.469 e. The van der Waals surface area contributed by atoms with Gasteiger partial charge in [-0.25, -0.2) is 0 Å². The number of nitrogens with one attached hydrogen (secondary N) is 1. The van der Waals surface area contributed by atoms with Crippen molar-refractivity contribution in [2.45, 2.75) is 13.0 Å². The van der Waals surface area contributed by atoms with E-state index in [1.54, 1.807) is 6.26 Å². The molecule has 0 radical (unpaired) electrons. The zero-order valence-corrected chi connectivity index (χ0v) is 9.15. The standard InChI is InChI=1S/C13H16N2O/c14-12-5-3-11(4-6-12)10-15-8-7-13-2-1-9-16-13/h1-6,9,15H,7-8,10,14H2. The molecule has 0 atom stereocenters. The van der Waals surface area contributed by atoms with Crippen molar-refractivity contribution in [3.63, 3.8) is 0 Å². The third-order valence-electron chi connectivity index (χ3n) is 2.44. The van der Waals surface area contributed by atoms with Crippen LogP contribution in [0.5, 0.6) is 0 Å². The molecule has 1 aromatic carbocycles. The van der Waals surface area contributed by atoms with Crippen LogP contribution in [0.15, 0.2) is 47.1 Å². The average molecular weight is 216 g/mol. The second-order valence-electron chi connectivity index (χ2n) is 3.75. The minimum absolute atomic E-state index is 0.805. The highest BCUT2D eigenvalue weighted by Crippen LogP contribution is 2.05. The van der Waals surface area contributed by atoms with Crippen molar-refractivity contribution in [2.24, 2.45) is 0 Å². The lowest BCUT2D eigenvalue weighted by molar-refractivity contribution is 0.499. The van der Waals surface area contributed by atoms with E-state index in [4.69, 9.17) is 10.2 Å². The summed E-state index contributed by atoms with van der Waals surface area (Å²) in [6, 6.07) is 11.8. The molecule has 84 valence electrons. The van der Waals surface area contributed by atoms with Gasteiger partial charge in [0.1, 0.15) is 5.76 Å². The number of rotatable bonds is 5. The molecule has 2 rings (SSSR count). The Morgan fingerprint density at radius 2 is 1.94 bits per heavy atom. The van der Waals surface area contributed by atoms with E-state index in [1.807, 2.05) is 36.4 Å². The van der Waals surface area contributed by atoms with Crippen molar-refractivity contribution in [1.82, 2.24) is 5.32 Å². The molecule has 0 saturated carbocycles. The van der Waals surface area contributed by atoms with Gasteiger partial charge in [-0.3, -0.25) is 0 Å². The Bertz CT molecular complexity index is 406. The first-order valence-corrected chi connectivity index (χ1v) is 5.42. The van der Waals surface area contributed by atoms with Crippen LogP contribution in [-0.2, 0) is 13.0 Å². The molecule has 2 aromatic rings. The van der Waals surface area contributed by atoms with Crippen molar-refractivity contribution in [1.29, 1.82) is 0 Å². The number of hydrogen-bond acceptors (Lipinski definition) is 3. The number of nitrogen functional groups attached to an aromatic ring is 1. The lowest BCUT2D eigenvalue weighted by Gasteiger charge is -2.04. The van der Waals surface area contributed by atoms with Crippen LogP contribution in [0.3, 0.4) is 0 Å². The molecule has 0 unspecified atom stereocenters. The predicted molar refractivity (Wildman–Crippen MR) is 65.0 cm³/mol. The van der Waals surface area contributed by atoms with Gasteiger partial charge in [0.2, 0.25) is 0 Å². The van der Waals surface area contributed by atoms with Crippen molar-refractivity contribution in [2.75, 3.05) is 12.3 Å². The van der Waals surface area contributed by atoms with Crippen LogP contribution in [0.4, 0.5) is 5.69 Å². The number of benzene rings is 1. The topological polar surface area (TPSA) is 51.2 Å². The predicted octanol–water partition coefficient (Wildman–Crippen LogP) is 2.19. The minimum atomic E-state index is 0.805. The Labute approximate surface area is 95.3 Å². The van der Waals surface area contributed by atoms with Crippen molar-refractivity contribution >= 4 is 5.69 Å². The van der Waals surface area contributed by atoms with Crippen LogP contribution in [0.1, 0.15) is 11.3 Å². The maximum atomic E-state index is 5.61. The molecule has 0 aliphatic heterocycles. The first-order chi connectivity index (χ1) is 7.84.